The van der Waals surface area contributed by atoms with Crippen molar-refractivity contribution in [2.24, 2.45) is 5.41 Å². The Hall–Kier alpha value is -2.29. The number of H-pyrrole nitrogens is 1. The van der Waals surface area contributed by atoms with Crippen LogP contribution in [0.3, 0.4) is 0 Å². The van der Waals surface area contributed by atoms with Crippen molar-refractivity contribution in [2.45, 2.75) is 32.2 Å². The molecule has 1 aromatic heterocycles. The lowest BCUT2D eigenvalue weighted by Crippen LogP contribution is -2.40. The zero-order chi connectivity index (χ0) is 18.7. The largest absolute Gasteiger partial charge is 0.466 e. The summed E-state index contributed by atoms with van der Waals surface area (Å²) >= 11 is 6.07. The summed E-state index contributed by atoms with van der Waals surface area (Å²) in [6, 6.07) is -0.214. The highest BCUT2D eigenvalue weighted by molar-refractivity contribution is 6.33. The molecule has 2 heterocycles. The molecule has 1 spiro atoms. The van der Waals surface area contributed by atoms with Gasteiger partial charge in [0.15, 0.2) is 0 Å². The number of hydrogen-bond donors (Lipinski definition) is 3. The van der Waals surface area contributed by atoms with Crippen molar-refractivity contribution in [2.75, 3.05) is 31.1 Å². The van der Waals surface area contributed by atoms with Crippen LogP contribution in [-0.4, -0.2) is 54.5 Å². The summed E-state index contributed by atoms with van der Waals surface area (Å²) < 4.78 is 4.81. The highest BCUT2D eigenvalue weighted by Gasteiger charge is 2.58. The van der Waals surface area contributed by atoms with Crippen LogP contribution in [-0.2, 0) is 9.53 Å². The van der Waals surface area contributed by atoms with Crippen LogP contribution in [0.15, 0.2) is 11.0 Å². The Kier molecular flexibility index (Phi) is 5.36. The maximum absolute atomic E-state index is 12.0. The van der Waals surface area contributed by atoms with Crippen LogP contribution in [0.25, 0.3) is 0 Å². The van der Waals surface area contributed by atoms with Crippen LogP contribution in [0.4, 0.5) is 10.5 Å². The third-order valence-corrected chi connectivity index (χ3v) is 5.28. The molecule has 2 aliphatic rings. The fraction of sp³-hybridized carbons (Fsp3) is 0.625. The van der Waals surface area contributed by atoms with Gasteiger partial charge in [-0.25, -0.2) is 9.89 Å². The van der Waals surface area contributed by atoms with Gasteiger partial charge in [0.05, 0.1) is 24.9 Å². The topological polar surface area (TPSA) is 116 Å². The summed E-state index contributed by atoms with van der Waals surface area (Å²) in [5.74, 6) is -0.328. The average molecular weight is 384 g/mol. The van der Waals surface area contributed by atoms with E-state index in [0.717, 1.165) is 19.4 Å². The fourth-order valence-corrected chi connectivity index (χ4v) is 3.63. The van der Waals surface area contributed by atoms with Crippen molar-refractivity contribution >= 4 is 29.3 Å². The predicted molar refractivity (Wildman–Crippen MR) is 95.3 cm³/mol. The number of carbonyl (C=O) groups excluding carboxylic acids is 2. The molecule has 1 aromatic rings. The summed E-state index contributed by atoms with van der Waals surface area (Å²) in [6.07, 6.45) is 3.49. The van der Waals surface area contributed by atoms with Crippen LogP contribution in [0, 0.1) is 5.41 Å². The second kappa shape index (κ2) is 7.53. The third-order valence-electron chi connectivity index (χ3n) is 4.92. The van der Waals surface area contributed by atoms with Crippen molar-refractivity contribution in [3.05, 3.63) is 21.6 Å². The molecule has 2 amide bonds. The second-order valence-corrected chi connectivity index (χ2v) is 7.02. The van der Waals surface area contributed by atoms with Crippen molar-refractivity contribution in [3.8, 4) is 0 Å². The number of ether oxygens (including phenoxy) is 1. The lowest BCUT2D eigenvalue weighted by Gasteiger charge is -2.19. The highest BCUT2D eigenvalue weighted by atomic mass is 35.5. The molecule has 1 saturated heterocycles. The molecule has 2 unspecified atom stereocenters. The van der Waals surface area contributed by atoms with Gasteiger partial charge < -0.3 is 20.3 Å². The molecule has 2 atom stereocenters. The number of anilines is 1. The normalized spacial score (nSPS) is 23.8. The number of nitrogens with one attached hydrogen (secondary N) is 3. The minimum absolute atomic E-state index is 0.00438. The first-order valence-corrected chi connectivity index (χ1v) is 9.01. The van der Waals surface area contributed by atoms with Crippen LogP contribution in [0.1, 0.15) is 26.2 Å². The minimum Gasteiger partial charge on any atom is -0.466 e. The first kappa shape index (κ1) is 18.5. The quantitative estimate of drug-likeness (QED) is 0.621. The van der Waals surface area contributed by atoms with Gasteiger partial charge in [0.25, 0.3) is 5.56 Å². The van der Waals surface area contributed by atoms with Gasteiger partial charge in [0, 0.05) is 31.1 Å². The lowest BCUT2D eigenvalue weighted by molar-refractivity contribution is -0.142. The van der Waals surface area contributed by atoms with E-state index in [2.05, 4.69) is 20.8 Å². The number of aromatic amines is 1. The van der Waals surface area contributed by atoms with E-state index in [1.54, 1.807) is 13.1 Å². The van der Waals surface area contributed by atoms with E-state index in [4.69, 9.17) is 16.3 Å². The number of carbonyl (C=O) groups is 2. The van der Waals surface area contributed by atoms with Gasteiger partial charge in [0.1, 0.15) is 5.02 Å². The molecule has 0 bridgehead atoms. The van der Waals surface area contributed by atoms with Gasteiger partial charge in [-0.15, -0.1) is 0 Å². The van der Waals surface area contributed by atoms with E-state index in [0.29, 0.717) is 18.8 Å². The van der Waals surface area contributed by atoms with Crippen molar-refractivity contribution in [1.29, 1.82) is 0 Å². The molecule has 1 aliphatic heterocycles. The summed E-state index contributed by atoms with van der Waals surface area (Å²) in [5, 5.41) is 11.9. The second-order valence-electron chi connectivity index (χ2n) is 6.64. The highest BCUT2D eigenvalue weighted by Crippen LogP contribution is 2.53. The van der Waals surface area contributed by atoms with Crippen LogP contribution >= 0.6 is 11.6 Å². The molecule has 1 aliphatic carbocycles. The van der Waals surface area contributed by atoms with Gasteiger partial charge in [-0.05, 0) is 19.8 Å². The summed E-state index contributed by atoms with van der Waals surface area (Å²) in [6.45, 7) is 3.78. The number of nitrogens with zero attached hydrogens (tertiary/aromatic N) is 2. The number of aromatic nitrogens is 2. The Morgan fingerprint density at radius 3 is 3.12 bits per heavy atom. The Labute approximate surface area is 155 Å². The monoisotopic (exact) mass is 383 g/mol. The molecule has 9 nitrogen and oxygen atoms in total. The van der Waals surface area contributed by atoms with E-state index in [1.165, 1.54) is 0 Å². The third kappa shape index (κ3) is 3.92. The molecule has 0 aromatic carbocycles. The number of rotatable bonds is 6. The molecular weight excluding hydrogens is 362 g/mol. The smallest absolute Gasteiger partial charge is 0.315 e. The van der Waals surface area contributed by atoms with Crippen LogP contribution in [0.2, 0.25) is 5.02 Å². The zero-order valence-corrected chi connectivity index (χ0v) is 15.3. The van der Waals surface area contributed by atoms with Crippen molar-refractivity contribution < 1.29 is 14.3 Å². The van der Waals surface area contributed by atoms with Gasteiger partial charge in [-0.3, -0.25) is 9.59 Å². The maximum atomic E-state index is 12.0. The Morgan fingerprint density at radius 1 is 1.54 bits per heavy atom. The summed E-state index contributed by atoms with van der Waals surface area (Å²) in [4.78, 5) is 36.8. The lowest BCUT2D eigenvalue weighted by atomic mass is 10.1. The molecule has 0 radical (unpaired) electrons. The molecule has 2 fully saturated rings. The number of esters is 1. The van der Waals surface area contributed by atoms with Gasteiger partial charge in [0.2, 0.25) is 0 Å². The molecule has 1 saturated carbocycles. The van der Waals surface area contributed by atoms with E-state index < -0.39 is 5.56 Å². The number of hydrogen-bond acceptors (Lipinski definition) is 6. The SMILES string of the molecule is CCOC(=O)CCNC(=O)NC1CC12CCN(c1cn[nH]c(=O)c1Cl)C2. The Morgan fingerprint density at radius 2 is 2.35 bits per heavy atom. The molecule has 10 heteroatoms. The first-order chi connectivity index (χ1) is 12.4. The van der Waals surface area contributed by atoms with Crippen molar-refractivity contribution in [3.63, 3.8) is 0 Å². The standard InChI is InChI=1S/C16H22ClN5O4/c1-2-26-12(23)3-5-18-15(25)20-11-7-16(11)4-6-22(9-16)10-8-19-21-14(24)13(10)17/h8,11H,2-7,9H2,1H3,(H,21,24)(H2,18,20,25). The number of halogens is 1. The predicted octanol–water partition coefficient (Wildman–Crippen LogP) is 0.644. The maximum Gasteiger partial charge on any atom is 0.315 e. The van der Waals surface area contributed by atoms with E-state index >= 15 is 0 Å². The molecule has 26 heavy (non-hydrogen) atoms. The van der Waals surface area contributed by atoms with E-state index in [9.17, 15) is 14.4 Å². The number of urea groups is 1. The van der Waals surface area contributed by atoms with Gasteiger partial charge in [-0.2, -0.15) is 5.10 Å². The summed E-state index contributed by atoms with van der Waals surface area (Å²) in [7, 11) is 0. The summed E-state index contributed by atoms with van der Waals surface area (Å²) in [5.41, 5.74) is 0.220. The molecule has 3 N–H and O–H groups in total. The first-order valence-electron chi connectivity index (χ1n) is 8.63. The zero-order valence-electron chi connectivity index (χ0n) is 14.5. The van der Waals surface area contributed by atoms with Crippen LogP contribution in [0.5, 0.6) is 0 Å². The van der Waals surface area contributed by atoms with Crippen molar-refractivity contribution in [1.82, 2.24) is 20.8 Å². The van der Waals surface area contributed by atoms with Gasteiger partial charge in [-0.1, -0.05) is 11.6 Å². The van der Waals surface area contributed by atoms with Crippen LogP contribution < -0.4 is 21.1 Å². The number of amides is 2. The van der Waals surface area contributed by atoms with E-state index in [-0.39, 0.29) is 41.4 Å². The molecular formula is C16H22ClN5O4. The molecule has 3 rings (SSSR count). The van der Waals surface area contributed by atoms with E-state index in [1.807, 2.05) is 4.90 Å². The Bertz CT molecular complexity index is 754. The average Bonchev–Trinajstić information content (AvgIpc) is 3.06. The minimum atomic E-state index is -0.406. The molecule has 142 valence electrons. The fourth-order valence-electron chi connectivity index (χ4n) is 3.42. The Balaban J connectivity index is 1.46. The van der Waals surface area contributed by atoms with Gasteiger partial charge >= 0.3 is 12.0 Å².